The van der Waals surface area contributed by atoms with Gasteiger partial charge in [-0.2, -0.15) is 5.10 Å². The van der Waals surface area contributed by atoms with Crippen LogP contribution in [-0.2, 0) is 6.54 Å². The van der Waals surface area contributed by atoms with Gasteiger partial charge in [-0.05, 0) is 78.8 Å². The van der Waals surface area contributed by atoms with Crippen molar-refractivity contribution in [2.45, 2.75) is 38.5 Å². The minimum atomic E-state index is -0.245. The Hall–Kier alpha value is -3.06. The number of piperazine rings is 1. The van der Waals surface area contributed by atoms with E-state index in [1.54, 1.807) is 12.1 Å². The summed E-state index contributed by atoms with van der Waals surface area (Å²) in [6.07, 6.45) is 3.63. The highest BCUT2D eigenvalue weighted by atomic mass is 19.1. The van der Waals surface area contributed by atoms with Gasteiger partial charge in [-0.3, -0.25) is 9.80 Å². The molecule has 1 aromatic heterocycles. The third kappa shape index (κ3) is 4.69. The SMILES string of the molecule is Cc1cc2c(cnn2-c2ccc(F)cc2)cc1[C@H]1CN(Cc2ccccc2)CCN1CC1CC(O)C1. The molecule has 0 amide bonds. The lowest BCUT2D eigenvalue weighted by Gasteiger charge is -2.45. The molecule has 0 unspecified atom stereocenters. The van der Waals surface area contributed by atoms with Crippen LogP contribution in [0.3, 0.4) is 0 Å². The predicted octanol–water partition coefficient (Wildman–Crippen LogP) is 5.10. The zero-order chi connectivity index (χ0) is 24.6. The van der Waals surface area contributed by atoms with Gasteiger partial charge in [0.2, 0.25) is 0 Å². The molecule has 1 saturated heterocycles. The number of aryl methyl sites for hydroxylation is 1. The van der Waals surface area contributed by atoms with Crippen LogP contribution in [0.15, 0.2) is 72.9 Å². The highest BCUT2D eigenvalue weighted by Crippen LogP contribution is 2.36. The first-order valence-corrected chi connectivity index (χ1v) is 13.0. The van der Waals surface area contributed by atoms with E-state index in [9.17, 15) is 9.50 Å². The van der Waals surface area contributed by atoms with E-state index in [-0.39, 0.29) is 11.9 Å². The zero-order valence-electron chi connectivity index (χ0n) is 20.7. The Morgan fingerprint density at radius 1 is 1.00 bits per heavy atom. The van der Waals surface area contributed by atoms with E-state index in [2.05, 4.69) is 64.3 Å². The lowest BCUT2D eigenvalue weighted by Crippen LogP contribution is -2.51. The van der Waals surface area contributed by atoms with Crippen molar-refractivity contribution in [3.05, 3.63) is 95.4 Å². The summed E-state index contributed by atoms with van der Waals surface area (Å²) in [7, 11) is 0. The van der Waals surface area contributed by atoms with Gasteiger partial charge in [-0.25, -0.2) is 9.07 Å². The maximum Gasteiger partial charge on any atom is 0.123 e. The van der Waals surface area contributed by atoms with Crippen LogP contribution in [0.2, 0.25) is 0 Å². The third-order valence-corrected chi connectivity index (χ3v) is 7.91. The van der Waals surface area contributed by atoms with E-state index in [0.717, 1.165) is 62.2 Å². The summed E-state index contributed by atoms with van der Waals surface area (Å²) in [6, 6.07) is 22.0. The van der Waals surface area contributed by atoms with E-state index in [1.165, 1.54) is 28.8 Å². The second kappa shape index (κ2) is 9.77. The molecule has 0 bridgehead atoms. The Bertz CT molecular complexity index is 1330. The topological polar surface area (TPSA) is 44.5 Å². The summed E-state index contributed by atoms with van der Waals surface area (Å²) >= 11 is 0. The molecule has 2 aliphatic rings. The van der Waals surface area contributed by atoms with Crippen molar-refractivity contribution in [2.75, 3.05) is 26.2 Å². The third-order valence-electron chi connectivity index (χ3n) is 7.91. The van der Waals surface area contributed by atoms with Crippen molar-refractivity contribution in [2.24, 2.45) is 5.92 Å². The molecule has 6 rings (SSSR count). The molecule has 1 N–H and O–H groups in total. The summed E-state index contributed by atoms with van der Waals surface area (Å²) in [5.41, 5.74) is 5.83. The summed E-state index contributed by atoms with van der Waals surface area (Å²) < 4.78 is 15.4. The number of nitrogens with zero attached hydrogens (tertiary/aromatic N) is 4. The molecule has 1 atom stereocenters. The van der Waals surface area contributed by atoms with Crippen molar-refractivity contribution in [3.63, 3.8) is 0 Å². The van der Waals surface area contributed by atoms with E-state index < -0.39 is 0 Å². The van der Waals surface area contributed by atoms with E-state index >= 15 is 0 Å². The molecule has 2 fully saturated rings. The fraction of sp³-hybridized carbons (Fsp3) is 0.367. The van der Waals surface area contributed by atoms with E-state index in [0.29, 0.717) is 12.0 Å². The molecule has 5 nitrogen and oxygen atoms in total. The number of rotatable bonds is 6. The van der Waals surface area contributed by atoms with Gasteiger partial charge in [0.15, 0.2) is 0 Å². The Morgan fingerprint density at radius 3 is 2.53 bits per heavy atom. The van der Waals surface area contributed by atoms with Crippen molar-refractivity contribution in [3.8, 4) is 5.69 Å². The van der Waals surface area contributed by atoms with Crippen molar-refractivity contribution in [1.29, 1.82) is 0 Å². The predicted molar refractivity (Wildman–Crippen MR) is 141 cm³/mol. The van der Waals surface area contributed by atoms with Crippen LogP contribution < -0.4 is 0 Å². The Kier molecular flexibility index (Phi) is 6.34. The number of aliphatic hydroxyl groups is 1. The number of hydrogen-bond acceptors (Lipinski definition) is 4. The van der Waals surface area contributed by atoms with Gasteiger partial charge < -0.3 is 5.11 Å². The number of aromatic nitrogens is 2. The smallest absolute Gasteiger partial charge is 0.123 e. The molecular formula is C30H33FN4O. The maximum absolute atomic E-state index is 13.5. The lowest BCUT2D eigenvalue weighted by atomic mass is 9.81. The number of benzene rings is 3. The van der Waals surface area contributed by atoms with Crippen molar-refractivity contribution in [1.82, 2.24) is 19.6 Å². The Balaban J connectivity index is 1.31. The molecule has 0 spiro atoms. The highest BCUT2D eigenvalue weighted by Gasteiger charge is 2.35. The fourth-order valence-electron chi connectivity index (χ4n) is 5.90. The van der Waals surface area contributed by atoms with Crippen LogP contribution in [0, 0.1) is 18.7 Å². The number of aliphatic hydroxyl groups excluding tert-OH is 1. The molecule has 1 aliphatic heterocycles. The zero-order valence-corrected chi connectivity index (χ0v) is 20.7. The standard InChI is InChI=1S/C30H33FN4O/c1-21-13-29-24(17-32-35(29)26-9-7-25(31)8-10-26)16-28(21)30-20-33(18-22-5-3-2-4-6-22)11-12-34(30)19-23-14-27(36)15-23/h2-10,13,16-17,23,27,30,36H,11-12,14-15,18-20H2,1H3/t23?,27?,30-/m1/s1. The highest BCUT2D eigenvalue weighted by molar-refractivity contribution is 5.82. The van der Waals surface area contributed by atoms with Gasteiger partial charge in [0.25, 0.3) is 0 Å². The number of fused-ring (bicyclic) bond motifs is 1. The largest absolute Gasteiger partial charge is 0.393 e. The van der Waals surface area contributed by atoms with Crippen LogP contribution >= 0.6 is 0 Å². The van der Waals surface area contributed by atoms with Gasteiger partial charge >= 0.3 is 0 Å². The van der Waals surface area contributed by atoms with Crippen molar-refractivity contribution < 1.29 is 9.50 Å². The molecule has 1 saturated carbocycles. The normalized spacial score (nSPS) is 23.1. The first-order valence-electron chi connectivity index (χ1n) is 13.0. The van der Waals surface area contributed by atoms with Crippen LogP contribution in [0.25, 0.3) is 16.6 Å². The van der Waals surface area contributed by atoms with Gasteiger partial charge in [-0.1, -0.05) is 30.3 Å². The van der Waals surface area contributed by atoms with Crippen LogP contribution in [0.4, 0.5) is 4.39 Å². The van der Waals surface area contributed by atoms with Gasteiger partial charge in [0, 0.05) is 44.2 Å². The second-order valence-electron chi connectivity index (χ2n) is 10.5. The minimum Gasteiger partial charge on any atom is -0.393 e. The fourth-order valence-corrected chi connectivity index (χ4v) is 5.90. The quantitative estimate of drug-likeness (QED) is 0.414. The molecule has 2 heterocycles. The molecule has 6 heteroatoms. The minimum absolute atomic E-state index is 0.122. The molecule has 4 aromatic rings. The summed E-state index contributed by atoms with van der Waals surface area (Å²) in [4.78, 5) is 5.20. The first-order chi connectivity index (χ1) is 17.5. The Morgan fingerprint density at radius 2 is 1.78 bits per heavy atom. The molecule has 3 aromatic carbocycles. The van der Waals surface area contributed by atoms with E-state index in [4.69, 9.17) is 0 Å². The molecule has 36 heavy (non-hydrogen) atoms. The number of hydrogen-bond donors (Lipinski definition) is 1. The molecule has 186 valence electrons. The average Bonchev–Trinajstić information content (AvgIpc) is 3.27. The summed E-state index contributed by atoms with van der Waals surface area (Å²) in [6.45, 7) is 7.23. The monoisotopic (exact) mass is 484 g/mol. The lowest BCUT2D eigenvalue weighted by molar-refractivity contribution is -0.00419. The van der Waals surface area contributed by atoms with Crippen LogP contribution in [-0.4, -0.2) is 57.0 Å². The molecule has 0 radical (unpaired) electrons. The summed E-state index contributed by atoms with van der Waals surface area (Å²) in [5.74, 6) is 0.332. The number of halogens is 1. The summed E-state index contributed by atoms with van der Waals surface area (Å²) in [5, 5.41) is 15.6. The van der Waals surface area contributed by atoms with Crippen molar-refractivity contribution >= 4 is 10.9 Å². The van der Waals surface area contributed by atoms with Gasteiger partial charge in [0.05, 0.1) is 23.5 Å². The van der Waals surface area contributed by atoms with Crippen LogP contribution in [0.5, 0.6) is 0 Å². The van der Waals surface area contributed by atoms with Gasteiger partial charge in [-0.15, -0.1) is 0 Å². The molecular weight excluding hydrogens is 451 g/mol. The second-order valence-corrected chi connectivity index (χ2v) is 10.5. The van der Waals surface area contributed by atoms with Gasteiger partial charge in [0.1, 0.15) is 5.82 Å². The molecule has 1 aliphatic carbocycles. The maximum atomic E-state index is 13.5. The Labute approximate surface area is 211 Å². The average molecular weight is 485 g/mol. The first kappa shape index (κ1) is 23.3. The van der Waals surface area contributed by atoms with E-state index in [1.807, 2.05) is 10.9 Å². The van der Waals surface area contributed by atoms with Crippen LogP contribution in [0.1, 0.15) is 35.6 Å².